The van der Waals surface area contributed by atoms with Crippen LogP contribution in [0.5, 0.6) is 0 Å². The molecule has 2 rings (SSSR count). The zero-order valence-electron chi connectivity index (χ0n) is 8.52. The third-order valence-corrected chi connectivity index (χ3v) is 2.85. The summed E-state index contributed by atoms with van der Waals surface area (Å²) in [7, 11) is 0. The van der Waals surface area contributed by atoms with Gasteiger partial charge in [0.25, 0.3) is 5.91 Å². The second-order valence-corrected chi connectivity index (χ2v) is 4.42. The summed E-state index contributed by atoms with van der Waals surface area (Å²) >= 11 is 9.01. The van der Waals surface area contributed by atoms with Gasteiger partial charge in [-0.25, -0.2) is 4.98 Å². The molecule has 2 heterocycles. The molecule has 2 aromatic heterocycles. The molecule has 0 unspecified atom stereocenters. The molecule has 0 saturated carbocycles. The first-order valence-corrected chi connectivity index (χ1v) is 5.86. The number of anilines is 1. The summed E-state index contributed by atoms with van der Waals surface area (Å²) in [6.07, 6.45) is 4.69. The SMILES string of the molecule is O=C(Nc1ccncc1Br)c1ccnc(Cl)c1. The molecule has 0 bridgehead atoms. The van der Waals surface area contributed by atoms with E-state index in [0.717, 1.165) is 0 Å². The summed E-state index contributed by atoms with van der Waals surface area (Å²) in [6.45, 7) is 0. The summed E-state index contributed by atoms with van der Waals surface area (Å²) < 4.78 is 0.716. The van der Waals surface area contributed by atoms with Crippen LogP contribution in [0.1, 0.15) is 10.4 Å². The Morgan fingerprint density at radius 3 is 2.88 bits per heavy atom. The van der Waals surface area contributed by atoms with Crippen LogP contribution < -0.4 is 5.32 Å². The maximum Gasteiger partial charge on any atom is 0.255 e. The van der Waals surface area contributed by atoms with Gasteiger partial charge in [0, 0.05) is 24.2 Å². The molecule has 0 atom stereocenters. The Kier molecular flexibility index (Phi) is 3.71. The molecule has 0 aliphatic heterocycles. The lowest BCUT2D eigenvalue weighted by Gasteiger charge is -2.06. The fraction of sp³-hybridized carbons (Fsp3) is 0. The van der Waals surface area contributed by atoms with Gasteiger partial charge in [-0.1, -0.05) is 11.6 Å². The second kappa shape index (κ2) is 5.25. The lowest BCUT2D eigenvalue weighted by molar-refractivity contribution is 0.102. The quantitative estimate of drug-likeness (QED) is 0.867. The van der Waals surface area contributed by atoms with Crippen molar-refractivity contribution in [2.75, 3.05) is 5.32 Å². The molecule has 0 saturated heterocycles. The summed E-state index contributed by atoms with van der Waals surface area (Å²) in [5, 5.41) is 3.03. The lowest BCUT2D eigenvalue weighted by atomic mass is 10.2. The van der Waals surface area contributed by atoms with Crippen LogP contribution in [0.3, 0.4) is 0 Å². The van der Waals surface area contributed by atoms with E-state index in [4.69, 9.17) is 11.6 Å². The van der Waals surface area contributed by atoms with Crippen molar-refractivity contribution in [2.24, 2.45) is 0 Å². The number of carbonyl (C=O) groups excluding carboxylic acids is 1. The smallest absolute Gasteiger partial charge is 0.255 e. The monoisotopic (exact) mass is 311 g/mol. The topological polar surface area (TPSA) is 54.9 Å². The summed E-state index contributed by atoms with van der Waals surface area (Å²) in [5.74, 6) is -0.249. The molecule has 6 heteroatoms. The highest BCUT2D eigenvalue weighted by atomic mass is 79.9. The Morgan fingerprint density at radius 2 is 2.18 bits per heavy atom. The first-order chi connectivity index (χ1) is 8.16. The van der Waals surface area contributed by atoms with Crippen molar-refractivity contribution in [3.63, 3.8) is 0 Å². The molecule has 0 aromatic carbocycles. The van der Waals surface area contributed by atoms with Gasteiger partial charge in [-0.2, -0.15) is 0 Å². The average Bonchev–Trinajstić information content (AvgIpc) is 2.32. The molecule has 0 radical (unpaired) electrons. The first-order valence-electron chi connectivity index (χ1n) is 4.69. The normalized spacial score (nSPS) is 10.0. The van der Waals surface area contributed by atoms with Crippen molar-refractivity contribution in [1.29, 1.82) is 0 Å². The predicted molar refractivity (Wildman–Crippen MR) is 69.1 cm³/mol. The molecule has 1 N–H and O–H groups in total. The van der Waals surface area contributed by atoms with E-state index in [1.54, 1.807) is 24.5 Å². The van der Waals surface area contributed by atoms with E-state index in [-0.39, 0.29) is 11.1 Å². The van der Waals surface area contributed by atoms with E-state index < -0.39 is 0 Å². The molecule has 0 aliphatic carbocycles. The number of pyridine rings is 2. The Balaban J connectivity index is 2.20. The van der Waals surface area contributed by atoms with Gasteiger partial charge in [0.2, 0.25) is 0 Å². The molecule has 1 amide bonds. The van der Waals surface area contributed by atoms with Crippen molar-refractivity contribution in [3.05, 3.63) is 52.0 Å². The van der Waals surface area contributed by atoms with Crippen LogP contribution in [0.15, 0.2) is 41.3 Å². The van der Waals surface area contributed by atoms with Gasteiger partial charge >= 0.3 is 0 Å². The van der Waals surface area contributed by atoms with Crippen LogP contribution in [-0.4, -0.2) is 15.9 Å². The number of nitrogens with one attached hydrogen (secondary N) is 1. The van der Waals surface area contributed by atoms with Crippen LogP contribution in [0.25, 0.3) is 0 Å². The van der Waals surface area contributed by atoms with Crippen LogP contribution in [-0.2, 0) is 0 Å². The zero-order valence-corrected chi connectivity index (χ0v) is 10.9. The maximum absolute atomic E-state index is 11.9. The first kappa shape index (κ1) is 12.0. The minimum absolute atomic E-state index is 0.249. The molecule has 86 valence electrons. The molecular formula is C11H7BrClN3O. The van der Waals surface area contributed by atoms with E-state index in [9.17, 15) is 4.79 Å². The molecule has 2 aromatic rings. The molecule has 17 heavy (non-hydrogen) atoms. The van der Waals surface area contributed by atoms with Crippen molar-refractivity contribution in [2.45, 2.75) is 0 Å². The van der Waals surface area contributed by atoms with E-state index in [0.29, 0.717) is 15.7 Å². The highest BCUT2D eigenvalue weighted by molar-refractivity contribution is 9.10. The van der Waals surface area contributed by atoms with Crippen molar-refractivity contribution < 1.29 is 4.79 Å². The van der Waals surface area contributed by atoms with E-state index in [1.165, 1.54) is 12.3 Å². The standard InChI is InChI=1S/C11H7BrClN3O/c12-8-6-14-3-2-9(8)16-11(17)7-1-4-15-10(13)5-7/h1-6H,(H,14,16,17). The van der Waals surface area contributed by atoms with Gasteiger partial charge in [0.1, 0.15) is 5.15 Å². The average molecular weight is 313 g/mol. The van der Waals surface area contributed by atoms with Crippen molar-refractivity contribution in [3.8, 4) is 0 Å². The number of halogens is 2. The van der Waals surface area contributed by atoms with Gasteiger partial charge < -0.3 is 5.32 Å². The summed E-state index contributed by atoms with van der Waals surface area (Å²) in [6, 6.07) is 4.80. The van der Waals surface area contributed by atoms with E-state index in [1.807, 2.05) is 0 Å². The summed E-state index contributed by atoms with van der Waals surface area (Å²) in [4.78, 5) is 19.6. The number of rotatable bonds is 2. The van der Waals surface area contributed by atoms with Crippen LogP contribution >= 0.6 is 27.5 Å². The Hall–Kier alpha value is -1.46. The van der Waals surface area contributed by atoms with Crippen molar-refractivity contribution in [1.82, 2.24) is 9.97 Å². The number of amides is 1. The molecule has 0 spiro atoms. The van der Waals surface area contributed by atoms with E-state index in [2.05, 4.69) is 31.2 Å². The summed E-state index contributed by atoms with van der Waals surface area (Å²) in [5.41, 5.74) is 1.10. The largest absolute Gasteiger partial charge is 0.321 e. The molecular weight excluding hydrogens is 305 g/mol. The molecule has 0 fully saturated rings. The van der Waals surface area contributed by atoms with Crippen LogP contribution in [0.2, 0.25) is 5.15 Å². The highest BCUT2D eigenvalue weighted by Gasteiger charge is 2.08. The Bertz CT molecular complexity index is 562. The lowest BCUT2D eigenvalue weighted by Crippen LogP contribution is -2.12. The highest BCUT2D eigenvalue weighted by Crippen LogP contribution is 2.20. The number of carbonyl (C=O) groups is 1. The van der Waals surface area contributed by atoms with Gasteiger partial charge in [0.15, 0.2) is 0 Å². The van der Waals surface area contributed by atoms with Crippen LogP contribution in [0.4, 0.5) is 5.69 Å². The minimum atomic E-state index is -0.249. The number of hydrogen-bond acceptors (Lipinski definition) is 3. The maximum atomic E-state index is 11.9. The fourth-order valence-corrected chi connectivity index (χ4v) is 1.74. The van der Waals surface area contributed by atoms with Gasteiger partial charge in [-0.15, -0.1) is 0 Å². The molecule has 0 aliphatic rings. The Morgan fingerprint density at radius 1 is 1.35 bits per heavy atom. The fourth-order valence-electron chi connectivity index (χ4n) is 1.21. The third kappa shape index (κ3) is 3.01. The second-order valence-electron chi connectivity index (χ2n) is 3.18. The molecule has 4 nitrogen and oxygen atoms in total. The van der Waals surface area contributed by atoms with Gasteiger partial charge in [0.05, 0.1) is 10.2 Å². The van der Waals surface area contributed by atoms with Gasteiger partial charge in [-0.05, 0) is 34.1 Å². The van der Waals surface area contributed by atoms with Crippen LogP contribution in [0, 0.1) is 0 Å². The van der Waals surface area contributed by atoms with E-state index >= 15 is 0 Å². The Labute approximate surface area is 111 Å². The number of hydrogen-bond donors (Lipinski definition) is 1. The van der Waals surface area contributed by atoms with Crippen molar-refractivity contribution >= 4 is 39.1 Å². The van der Waals surface area contributed by atoms with Gasteiger partial charge in [-0.3, -0.25) is 9.78 Å². The minimum Gasteiger partial charge on any atom is -0.321 e. The third-order valence-electron chi connectivity index (χ3n) is 2.01. The number of nitrogens with zero attached hydrogens (tertiary/aromatic N) is 2. The zero-order chi connectivity index (χ0) is 12.3. The predicted octanol–water partition coefficient (Wildman–Crippen LogP) is 3.14. The number of aromatic nitrogens is 2.